The number of imidazole rings is 1. The highest BCUT2D eigenvalue weighted by atomic mass is 32.2. The predicted octanol–water partition coefficient (Wildman–Crippen LogP) is 2.98. The van der Waals surface area contributed by atoms with E-state index in [0.717, 1.165) is 4.57 Å². The van der Waals surface area contributed by atoms with Crippen LogP contribution < -0.4 is 11.4 Å². The normalized spacial score (nSPS) is 11.7. The number of nitrogen functional groups attached to an aromatic ring is 1. The first-order valence-corrected chi connectivity index (χ1v) is 8.12. The summed E-state index contributed by atoms with van der Waals surface area (Å²) in [5, 5.41) is 10.1. The van der Waals surface area contributed by atoms with E-state index >= 15 is 0 Å². The van der Waals surface area contributed by atoms with E-state index in [1.807, 2.05) is 0 Å². The average Bonchev–Trinajstić information content (AvgIpc) is 2.83. The zero-order valence-electron chi connectivity index (χ0n) is 13.1. The molecule has 6 nitrogen and oxygen atoms in total. The van der Waals surface area contributed by atoms with E-state index in [4.69, 9.17) is 5.73 Å². The molecular weight excluding hydrogens is 369 g/mol. The molecule has 0 aliphatic carbocycles. The zero-order valence-corrected chi connectivity index (χ0v) is 14.0. The molecule has 0 bridgehead atoms. The lowest BCUT2D eigenvalue weighted by molar-refractivity contribution is -0.0328. The highest BCUT2D eigenvalue weighted by Crippen LogP contribution is 2.37. The van der Waals surface area contributed by atoms with Crippen molar-refractivity contribution in [1.29, 1.82) is 0 Å². The Morgan fingerprint density at radius 3 is 2.50 bits per heavy atom. The third-order valence-corrected chi connectivity index (χ3v) is 4.29. The molecular formula is C16H13F3N4O2S. The Labute approximate surface area is 149 Å². The van der Waals surface area contributed by atoms with Crippen LogP contribution in [0.25, 0.3) is 5.69 Å². The van der Waals surface area contributed by atoms with Crippen LogP contribution in [0.1, 0.15) is 5.56 Å². The maximum atomic E-state index is 12.5. The summed E-state index contributed by atoms with van der Waals surface area (Å²) in [5.74, 6) is -0.334. The summed E-state index contributed by atoms with van der Waals surface area (Å²) in [7, 11) is 0. The minimum atomic E-state index is -4.39. The van der Waals surface area contributed by atoms with Crippen LogP contribution in [0.5, 0.6) is 5.88 Å². The molecule has 1 aromatic carbocycles. The highest BCUT2D eigenvalue weighted by Gasteiger charge is 2.29. The third-order valence-electron chi connectivity index (χ3n) is 3.55. The van der Waals surface area contributed by atoms with Gasteiger partial charge >= 0.3 is 11.2 Å². The second-order valence-electron chi connectivity index (χ2n) is 5.35. The van der Waals surface area contributed by atoms with Crippen LogP contribution >= 0.6 is 11.8 Å². The van der Waals surface area contributed by atoms with Gasteiger partial charge in [-0.05, 0) is 47.7 Å². The van der Waals surface area contributed by atoms with Crippen LogP contribution in [0.15, 0.2) is 58.6 Å². The SMILES string of the molecule is Nc1cnccc1Cn1cc(O)n(-c2ccc(SC(F)(F)F)cc2)c1=O. The average molecular weight is 382 g/mol. The number of alkyl halides is 3. The molecule has 26 heavy (non-hydrogen) atoms. The minimum Gasteiger partial charge on any atom is -0.493 e. The van der Waals surface area contributed by atoms with Gasteiger partial charge < -0.3 is 10.8 Å². The predicted molar refractivity (Wildman–Crippen MR) is 91.4 cm³/mol. The number of nitrogens with two attached hydrogens (primary N) is 1. The number of benzene rings is 1. The number of aromatic hydroxyl groups is 1. The third kappa shape index (κ3) is 3.85. The van der Waals surface area contributed by atoms with E-state index in [9.17, 15) is 23.1 Å². The van der Waals surface area contributed by atoms with Crippen molar-refractivity contribution in [2.75, 3.05) is 5.73 Å². The molecule has 0 saturated heterocycles. The number of hydrogen-bond acceptors (Lipinski definition) is 5. The number of hydrogen-bond donors (Lipinski definition) is 2. The summed E-state index contributed by atoms with van der Waals surface area (Å²) in [6, 6.07) is 6.79. The van der Waals surface area contributed by atoms with Crippen molar-refractivity contribution in [1.82, 2.24) is 14.1 Å². The molecule has 3 N–H and O–H groups in total. The monoisotopic (exact) mass is 382 g/mol. The number of thioether (sulfide) groups is 1. The quantitative estimate of drug-likeness (QED) is 0.678. The summed E-state index contributed by atoms with van der Waals surface area (Å²) >= 11 is -0.253. The van der Waals surface area contributed by atoms with Crippen molar-refractivity contribution in [3.63, 3.8) is 0 Å². The van der Waals surface area contributed by atoms with Gasteiger partial charge in [-0.25, -0.2) is 9.36 Å². The maximum Gasteiger partial charge on any atom is 0.446 e. The van der Waals surface area contributed by atoms with Crippen LogP contribution in [0, 0.1) is 0 Å². The molecule has 0 aliphatic rings. The van der Waals surface area contributed by atoms with Crippen molar-refractivity contribution < 1.29 is 18.3 Å². The molecule has 3 rings (SSSR count). The second kappa shape index (κ2) is 6.79. The van der Waals surface area contributed by atoms with Crippen molar-refractivity contribution in [3.05, 3.63) is 65.0 Å². The van der Waals surface area contributed by atoms with Gasteiger partial charge in [0.1, 0.15) is 0 Å². The van der Waals surface area contributed by atoms with E-state index < -0.39 is 11.2 Å². The lowest BCUT2D eigenvalue weighted by atomic mass is 10.2. The number of pyridine rings is 1. The molecule has 2 aromatic heterocycles. The van der Waals surface area contributed by atoms with Crippen LogP contribution in [0.2, 0.25) is 0 Å². The molecule has 2 heterocycles. The summed E-state index contributed by atoms with van der Waals surface area (Å²) in [6.07, 6.45) is 4.22. The number of nitrogens with zero attached hydrogens (tertiary/aromatic N) is 3. The molecule has 10 heteroatoms. The maximum absolute atomic E-state index is 12.5. The Bertz CT molecular complexity index is 980. The standard InChI is InChI=1S/C16H13F3N4O2S/c17-16(18,19)26-12-3-1-11(2-4-12)23-14(24)9-22(15(23)25)8-10-5-6-21-7-13(10)20/h1-7,9,24H,8,20H2. The van der Waals surface area contributed by atoms with E-state index in [1.54, 1.807) is 6.07 Å². The molecule has 136 valence electrons. The molecule has 0 spiro atoms. The van der Waals surface area contributed by atoms with Gasteiger partial charge in [-0.2, -0.15) is 13.2 Å². The number of halogens is 3. The zero-order chi connectivity index (χ0) is 18.9. The number of anilines is 1. The second-order valence-corrected chi connectivity index (χ2v) is 6.49. The molecule has 0 amide bonds. The number of rotatable bonds is 4. The van der Waals surface area contributed by atoms with E-state index in [2.05, 4.69) is 4.98 Å². The van der Waals surface area contributed by atoms with Gasteiger partial charge in [-0.3, -0.25) is 9.55 Å². The molecule has 0 radical (unpaired) electrons. The molecule has 0 aliphatic heterocycles. The summed E-state index contributed by atoms with van der Waals surface area (Å²) in [6.45, 7) is 0.121. The Balaban J connectivity index is 1.91. The first-order chi connectivity index (χ1) is 12.2. The topological polar surface area (TPSA) is 86.1 Å². The fourth-order valence-corrected chi connectivity index (χ4v) is 2.93. The highest BCUT2D eigenvalue weighted by molar-refractivity contribution is 8.00. The summed E-state index contributed by atoms with van der Waals surface area (Å²) in [5.41, 5.74) is 2.16. The van der Waals surface area contributed by atoms with E-state index in [-0.39, 0.29) is 34.8 Å². The van der Waals surface area contributed by atoms with Gasteiger partial charge in [0.2, 0.25) is 5.88 Å². The van der Waals surface area contributed by atoms with Crippen LogP contribution in [-0.2, 0) is 6.54 Å². The van der Waals surface area contributed by atoms with E-state index in [0.29, 0.717) is 11.3 Å². The van der Waals surface area contributed by atoms with Crippen molar-refractivity contribution >= 4 is 17.4 Å². The Morgan fingerprint density at radius 2 is 1.88 bits per heavy atom. The van der Waals surface area contributed by atoms with Crippen molar-refractivity contribution in [3.8, 4) is 11.6 Å². The minimum absolute atomic E-state index is 0.0159. The van der Waals surface area contributed by atoms with Crippen LogP contribution in [0.3, 0.4) is 0 Å². The Morgan fingerprint density at radius 1 is 1.19 bits per heavy atom. The van der Waals surface area contributed by atoms with Gasteiger partial charge in [0, 0.05) is 11.1 Å². The fraction of sp³-hybridized carbons (Fsp3) is 0.125. The van der Waals surface area contributed by atoms with Crippen molar-refractivity contribution in [2.24, 2.45) is 0 Å². The number of aromatic nitrogens is 3. The van der Waals surface area contributed by atoms with Gasteiger partial charge in [-0.15, -0.1) is 0 Å². The first kappa shape index (κ1) is 17.9. The first-order valence-electron chi connectivity index (χ1n) is 7.30. The van der Waals surface area contributed by atoms with Gasteiger partial charge in [0.25, 0.3) is 0 Å². The van der Waals surface area contributed by atoms with Crippen molar-refractivity contribution in [2.45, 2.75) is 16.9 Å². The molecule has 0 fully saturated rings. The Hall–Kier alpha value is -2.88. The van der Waals surface area contributed by atoms with E-state index in [1.165, 1.54) is 47.4 Å². The van der Waals surface area contributed by atoms with Gasteiger partial charge in [0.15, 0.2) is 0 Å². The summed E-state index contributed by atoms with van der Waals surface area (Å²) < 4.78 is 39.4. The van der Waals surface area contributed by atoms with Crippen LogP contribution in [-0.4, -0.2) is 24.7 Å². The molecule has 3 aromatic rings. The molecule has 0 saturated carbocycles. The smallest absolute Gasteiger partial charge is 0.446 e. The molecule has 0 atom stereocenters. The lowest BCUT2D eigenvalue weighted by Gasteiger charge is -2.07. The Kier molecular flexibility index (Phi) is 4.68. The fourth-order valence-electron chi connectivity index (χ4n) is 2.39. The lowest BCUT2D eigenvalue weighted by Crippen LogP contribution is -2.23. The van der Waals surface area contributed by atoms with Gasteiger partial charge in [-0.1, -0.05) is 0 Å². The van der Waals surface area contributed by atoms with Gasteiger partial charge in [0.05, 0.1) is 30.3 Å². The summed E-state index contributed by atoms with van der Waals surface area (Å²) in [4.78, 5) is 16.4. The largest absolute Gasteiger partial charge is 0.493 e. The molecule has 0 unspecified atom stereocenters. The van der Waals surface area contributed by atoms with Crippen LogP contribution in [0.4, 0.5) is 18.9 Å².